The lowest BCUT2D eigenvalue weighted by atomic mass is 10.1. The molecule has 0 unspecified atom stereocenters. The molecular weight excluding hydrogens is 304 g/mol. The van der Waals surface area contributed by atoms with Gasteiger partial charge in [-0.1, -0.05) is 15.9 Å². The Morgan fingerprint density at radius 1 is 1.21 bits per heavy atom. The topological polar surface area (TPSA) is 45.9 Å². The molecule has 1 aromatic carbocycles. The van der Waals surface area contributed by atoms with Crippen molar-refractivity contribution >= 4 is 15.9 Å². The van der Waals surface area contributed by atoms with Crippen LogP contribution in [0.5, 0.6) is 5.75 Å². The molecule has 0 bridgehead atoms. The van der Waals surface area contributed by atoms with Gasteiger partial charge in [0.1, 0.15) is 5.75 Å². The van der Waals surface area contributed by atoms with Crippen molar-refractivity contribution in [1.29, 1.82) is 5.26 Å². The normalized spacial score (nSPS) is 9.89. The fraction of sp³-hybridized carbons (Fsp3) is 0.200. The quantitative estimate of drug-likeness (QED) is 0.790. The second kappa shape index (κ2) is 6.91. The summed E-state index contributed by atoms with van der Waals surface area (Å²) in [6.07, 6.45) is 5.48. The van der Waals surface area contributed by atoms with Crippen LogP contribution < -0.4 is 4.74 Å². The van der Waals surface area contributed by atoms with Crippen LogP contribution in [0, 0.1) is 11.3 Å². The van der Waals surface area contributed by atoms with Gasteiger partial charge in [0.05, 0.1) is 18.2 Å². The van der Waals surface area contributed by atoms with E-state index >= 15 is 0 Å². The average Bonchev–Trinajstić information content (AvgIpc) is 2.44. The summed E-state index contributed by atoms with van der Waals surface area (Å²) in [4.78, 5) is 3.98. The first-order valence-corrected chi connectivity index (χ1v) is 6.79. The highest BCUT2D eigenvalue weighted by Crippen LogP contribution is 2.21. The number of rotatable bonds is 5. The molecule has 0 amide bonds. The molecule has 0 aliphatic rings. The molecule has 19 heavy (non-hydrogen) atoms. The van der Waals surface area contributed by atoms with Crippen molar-refractivity contribution in [2.75, 3.05) is 6.61 Å². The minimum atomic E-state index is 0.596. The van der Waals surface area contributed by atoms with Gasteiger partial charge >= 0.3 is 0 Å². The van der Waals surface area contributed by atoms with Crippen LogP contribution in [0.3, 0.4) is 0 Å². The third-order valence-electron chi connectivity index (χ3n) is 2.63. The lowest BCUT2D eigenvalue weighted by Crippen LogP contribution is -1.99. The number of benzene rings is 1. The van der Waals surface area contributed by atoms with Crippen molar-refractivity contribution in [2.45, 2.75) is 12.8 Å². The molecule has 0 aliphatic carbocycles. The van der Waals surface area contributed by atoms with E-state index in [1.165, 1.54) is 5.56 Å². The van der Waals surface area contributed by atoms with Crippen molar-refractivity contribution in [3.05, 3.63) is 58.3 Å². The number of aromatic nitrogens is 1. The van der Waals surface area contributed by atoms with Crippen LogP contribution in [0.1, 0.15) is 17.5 Å². The van der Waals surface area contributed by atoms with Crippen LogP contribution in [0.15, 0.2) is 47.2 Å². The molecule has 3 nitrogen and oxygen atoms in total. The molecule has 0 N–H and O–H groups in total. The standard InChI is InChI=1S/C15H13BrN2O/c16-14-8-13(11-17)9-15(10-14)19-7-1-2-12-3-5-18-6-4-12/h3-6,8-10H,1-2,7H2. The fourth-order valence-corrected chi connectivity index (χ4v) is 2.20. The first kappa shape index (κ1) is 13.6. The van der Waals surface area contributed by atoms with Gasteiger partial charge in [0.2, 0.25) is 0 Å². The maximum Gasteiger partial charge on any atom is 0.121 e. The maximum absolute atomic E-state index is 8.87. The molecule has 0 aliphatic heterocycles. The minimum absolute atomic E-state index is 0.596. The van der Waals surface area contributed by atoms with Crippen LogP contribution >= 0.6 is 15.9 Å². The Balaban J connectivity index is 1.83. The molecule has 1 heterocycles. The zero-order chi connectivity index (χ0) is 13.5. The van der Waals surface area contributed by atoms with Gasteiger partial charge in [-0.25, -0.2) is 0 Å². The molecule has 0 saturated heterocycles. The van der Waals surface area contributed by atoms with Gasteiger partial charge in [-0.3, -0.25) is 4.98 Å². The summed E-state index contributed by atoms with van der Waals surface area (Å²) < 4.78 is 6.51. The zero-order valence-corrected chi connectivity index (χ0v) is 11.9. The van der Waals surface area contributed by atoms with Crippen LogP contribution in [0.25, 0.3) is 0 Å². The van der Waals surface area contributed by atoms with E-state index in [0.29, 0.717) is 12.2 Å². The van der Waals surface area contributed by atoms with Gasteiger partial charge in [0.25, 0.3) is 0 Å². The summed E-state index contributed by atoms with van der Waals surface area (Å²) in [5, 5.41) is 8.87. The maximum atomic E-state index is 8.87. The first-order valence-electron chi connectivity index (χ1n) is 6.00. The van der Waals surface area contributed by atoms with Crippen molar-refractivity contribution in [1.82, 2.24) is 4.98 Å². The van der Waals surface area contributed by atoms with Crippen molar-refractivity contribution in [2.24, 2.45) is 0 Å². The Labute approximate surface area is 121 Å². The summed E-state index contributed by atoms with van der Waals surface area (Å²) in [6.45, 7) is 0.629. The number of ether oxygens (including phenoxy) is 1. The number of pyridine rings is 1. The second-order valence-corrected chi connectivity index (χ2v) is 5.01. The van der Waals surface area contributed by atoms with Gasteiger partial charge in [-0.2, -0.15) is 5.26 Å². The van der Waals surface area contributed by atoms with E-state index < -0.39 is 0 Å². The number of hydrogen-bond donors (Lipinski definition) is 0. The van der Waals surface area contributed by atoms with E-state index in [0.717, 1.165) is 23.1 Å². The predicted octanol–water partition coefficient (Wildman–Crippen LogP) is 3.73. The second-order valence-electron chi connectivity index (χ2n) is 4.09. The molecular formula is C15H13BrN2O. The third kappa shape index (κ3) is 4.38. The van der Waals surface area contributed by atoms with Crippen LogP contribution in [-0.2, 0) is 6.42 Å². The summed E-state index contributed by atoms with van der Waals surface area (Å²) in [7, 11) is 0. The molecule has 96 valence electrons. The summed E-state index contributed by atoms with van der Waals surface area (Å²) in [5.74, 6) is 0.723. The number of halogens is 1. The van der Waals surface area contributed by atoms with Crippen molar-refractivity contribution in [3.8, 4) is 11.8 Å². The largest absolute Gasteiger partial charge is 0.493 e. The van der Waals surface area contributed by atoms with Crippen LogP contribution in [0.4, 0.5) is 0 Å². The molecule has 2 aromatic rings. The van der Waals surface area contributed by atoms with E-state index in [2.05, 4.69) is 27.0 Å². The Morgan fingerprint density at radius 3 is 2.74 bits per heavy atom. The Bertz CT molecular complexity index is 578. The van der Waals surface area contributed by atoms with E-state index in [1.54, 1.807) is 24.5 Å². The number of aryl methyl sites for hydroxylation is 1. The third-order valence-corrected chi connectivity index (χ3v) is 3.09. The lowest BCUT2D eigenvalue weighted by Gasteiger charge is -2.07. The van der Waals surface area contributed by atoms with E-state index in [9.17, 15) is 0 Å². The van der Waals surface area contributed by atoms with E-state index in [1.807, 2.05) is 18.2 Å². The van der Waals surface area contributed by atoms with Crippen molar-refractivity contribution in [3.63, 3.8) is 0 Å². The highest BCUT2D eigenvalue weighted by atomic mass is 79.9. The monoisotopic (exact) mass is 316 g/mol. The molecule has 1 aromatic heterocycles. The number of nitriles is 1. The predicted molar refractivity (Wildman–Crippen MR) is 76.9 cm³/mol. The van der Waals surface area contributed by atoms with Crippen molar-refractivity contribution < 1.29 is 4.74 Å². The highest BCUT2D eigenvalue weighted by molar-refractivity contribution is 9.10. The first-order chi connectivity index (χ1) is 9.28. The van der Waals surface area contributed by atoms with Gasteiger partial charge < -0.3 is 4.74 Å². The molecule has 0 fully saturated rings. The molecule has 4 heteroatoms. The SMILES string of the molecule is N#Cc1cc(Br)cc(OCCCc2ccncc2)c1. The van der Waals surface area contributed by atoms with Gasteiger partial charge in [0, 0.05) is 16.9 Å². The Morgan fingerprint density at radius 2 is 2.00 bits per heavy atom. The van der Waals surface area contributed by atoms with E-state index in [-0.39, 0.29) is 0 Å². The van der Waals surface area contributed by atoms with Gasteiger partial charge in [-0.05, 0) is 48.7 Å². The Kier molecular flexibility index (Phi) is 4.93. The number of nitrogens with zero attached hydrogens (tertiary/aromatic N) is 2. The fourth-order valence-electron chi connectivity index (χ4n) is 1.73. The zero-order valence-electron chi connectivity index (χ0n) is 10.3. The van der Waals surface area contributed by atoms with Gasteiger partial charge in [-0.15, -0.1) is 0 Å². The van der Waals surface area contributed by atoms with Crippen LogP contribution in [0.2, 0.25) is 0 Å². The summed E-state index contributed by atoms with van der Waals surface area (Å²) in [5.41, 5.74) is 1.85. The number of hydrogen-bond acceptors (Lipinski definition) is 3. The molecule has 0 atom stereocenters. The molecule has 0 saturated carbocycles. The lowest BCUT2D eigenvalue weighted by molar-refractivity contribution is 0.311. The average molecular weight is 317 g/mol. The van der Waals surface area contributed by atoms with Gasteiger partial charge in [0.15, 0.2) is 0 Å². The highest BCUT2D eigenvalue weighted by Gasteiger charge is 2.00. The molecule has 2 rings (SSSR count). The Hall–Kier alpha value is -1.86. The smallest absolute Gasteiger partial charge is 0.121 e. The minimum Gasteiger partial charge on any atom is -0.493 e. The molecule has 0 spiro atoms. The van der Waals surface area contributed by atoms with E-state index in [4.69, 9.17) is 10.00 Å². The van der Waals surface area contributed by atoms with Crippen LogP contribution in [-0.4, -0.2) is 11.6 Å². The summed E-state index contributed by atoms with van der Waals surface area (Å²) >= 11 is 3.36. The molecule has 0 radical (unpaired) electrons. The summed E-state index contributed by atoms with van der Waals surface area (Å²) in [6, 6.07) is 11.5.